The first-order valence-electron chi connectivity index (χ1n) is 14.3. The number of hydrogen-bond donors (Lipinski definition) is 0. The fourth-order valence-electron chi connectivity index (χ4n) is 6.65. The normalized spacial score (nSPS) is 11.8. The largest absolute Gasteiger partial charge is 0.309 e. The summed E-state index contributed by atoms with van der Waals surface area (Å²) in [5, 5.41) is 7.45. The van der Waals surface area contributed by atoms with E-state index < -0.39 is 0 Å². The van der Waals surface area contributed by atoms with Crippen LogP contribution in [0.2, 0.25) is 0 Å². The summed E-state index contributed by atoms with van der Waals surface area (Å²) in [6.45, 7) is 0. The van der Waals surface area contributed by atoms with E-state index in [0.717, 1.165) is 11.2 Å². The molecule has 42 heavy (non-hydrogen) atoms. The van der Waals surface area contributed by atoms with E-state index in [-0.39, 0.29) is 0 Å². The lowest BCUT2D eigenvalue weighted by atomic mass is 10.0. The standard InChI is InChI=1S/C39H25N3/c1-2-10-30(11-3-1)41-37-23-28(16-19-34(37)35-20-21-40-25-39(35)41)29-15-18-33-32-12-6-7-13-36(32)42(38(33)24-29)31-17-14-26-8-4-5-9-27(26)22-31/h1-25H. The van der Waals surface area contributed by atoms with Crippen LogP contribution in [0.15, 0.2) is 152 Å². The summed E-state index contributed by atoms with van der Waals surface area (Å²) in [6.07, 6.45) is 3.85. The molecule has 0 bridgehead atoms. The quantitative estimate of drug-likeness (QED) is 0.221. The van der Waals surface area contributed by atoms with Gasteiger partial charge in [0.15, 0.2) is 0 Å². The van der Waals surface area contributed by atoms with Crippen molar-refractivity contribution in [2.75, 3.05) is 0 Å². The monoisotopic (exact) mass is 535 g/mol. The molecule has 0 N–H and O–H groups in total. The van der Waals surface area contributed by atoms with Gasteiger partial charge in [-0.2, -0.15) is 0 Å². The molecule has 0 saturated carbocycles. The molecule has 9 rings (SSSR count). The van der Waals surface area contributed by atoms with Gasteiger partial charge >= 0.3 is 0 Å². The molecule has 3 aromatic heterocycles. The Labute approximate surface area is 242 Å². The molecule has 0 aliphatic carbocycles. The molecule has 3 nitrogen and oxygen atoms in total. The molecule has 0 atom stereocenters. The first kappa shape index (κ1) is 23.1. The summed E-state index contributed by atoms with van der Waals surface area (Å²) in [7, 11) is 0. The Hall–Kier alpha value is -5.67. The zero-order valence-corrected chi connectivity index (χ0v) is 22.8. The van der Waals surface area contributed by atoms with Gasteiger partial charge < -0.3 is 9.13 Å². The van der Waals surface area contributed by atoms with Crippen molar-refractivity contribution in [2.24, 2.45) is 0 Å². The van der Waals surface area contributed by atoms with Crippen molar-refractivity contribution in [3.8, 4) is 22.5 Å². The lowest BCUT2D eigenvalue weighted by Crippen LogP contribution is -1.94. The third-order valence-corrected chi connectivity index (χ3v) is 8.58. The Morgan fingerprint density at radius 2 is 1.00 bits per heavy atom. The Morgan fingerprint density at radius 3 is 1.79 bits per heavy atom. The van der Waals surface area contributed by atoms with Gasteiger partial charge in [-0.15, -0.1) is 0 Å². The van der Waals surface area contributed by atoms with Crippen molar-refractivity contribution < 1.29 is 0 Å². The SMILES string of the molecule is c1ccc(-n2c3cnccc3c3ccc(-c4ccc5c6ccccc6n(-c6ccc7ccccc7c6)c5c4)cc32)cc1. The van der Waals surface area contributed by atoms with Gasteiger partial charge in [0, 0.05) is 39.1 Å². The second kappa shape index (κ2) is 8.92. The number of benzene rings is 6. The lowest BCUT2D eigenvalue weighted by Gasteiger charge is -2.11. The molecule has 0 aliphatic rings. The maximum atomic E-state index is 4.46. The van der Waals surface area contributed by atoms with Gasteiger partial charge in [-0.25, -0.2) is 0 Å². The highest BCUT2D eigenvalue weighted by molar-refractivity contribution is 6.12. The second-order valence-corrected chi connectivity index (χ2v) is 10.9. The molecule has 3 heterocycles. The average molecular weight is 536 g/mol. The summed E-state index contributed by atoms with van der Waals surface area (Å²) in [6, 6.07) is 50.4. The summed E-state index contributed by atoms with van der Waals surface area (Å²) in [4.78, 5) is 4.46. The maximum Gasteiger partial charge on any atom is 0.0724 e. The second-order valence-electron chi connectivity index (χ2n) is 10.9. The predicted octanol–water partition coefficient (Wildman–Crippen LogP) is 10.1. The van der Waals surface area contributed by atoms with Crippen molar-refractivity contribution in [3.63, 3.8) is 0 Å². The van der Waals surface area contributed by atoms with E-state index in [2.05, 4.69) is 154 Å². The Balaban J connectivity index is 1.30. The highest BCUT2D eigenvalue weighted by atomic mass is 15.0. The van der Waals surface area contributed by atoms with E-state index in [0.29, 0.717) is 0 Å². The van der Waals surface area contributed by atoms with Crippen molar-refractivity contribution in [1.29, 1.82) is 0 Å². The average Bonchev–Trinajstić information content (AvgIpc) is 3.57. The van der Waals surface area contributed by atoms with Gasteiger partial charge in [0.05, 0.1) is 28.3 Å². The smallest absolute Gasteiger partial charge is 0.0724 e. The van der Waals surface area contributed by atoms with Crippen LogP contribution < -0.4 is 0 Å². The van der Waals surface area contributed by atoms with Crippen LogP contribution in [0.25, 0.3) is 76.9 Å². The van der Waals surface area contributed by atoms with Gasteiger partial charge in [0.25, 0.3) is 0 Å². The van der Waals surface area contributed by atoms with Crippen LogP contribution in [-0.4, -0.2) is 14.1 Å². The van der Waals surface area contributed by atoms with Gasteiger partial charge in [0.1, 0.15) is 0 Å². The van der Waals surface area contributed by atoms with E-state index in [1.807, 2.05) is 12.4 Å². The molecular formula is C39H25N3. The molecule has 0 radical (unpaired) electrons. The minimum atomic E-state index is 1.11. The molecule has 0 aliphatic heterocycles. The zero-order chi connectivity index (χ0) is 27.6. The third kappa shape index (κ3) is 3.37. The number of fused-ring (bicyclic) bond motifs is 7. The topological polar surface area (TPSA) is 22.8 Å². The first-order valence-corrected chi connectivity index (χ1v) is 14.3. The van der Waals surface area contributed by atoms with Crippen molar-refractivity contribution in [3.05, 3.63) is 152 Å². The molecule has 0 saturated heterocycles. The molecular weight excluding hydrogens is 510 g/mol. The van der Waals surface area contributed by atoms with E-state index >= 15 is 0 Å². The number of aromatic nitrogens is 3. The van der Waals surface area contributed by atoms with Crippen molar-refractivity contribution in [1.82, 2.24) is 14.1 Å². The molecule has 9 aromatic rings. The zero-order valence-electron chi connectivity index (χ0n) is 22.8. The number of pyridine rings is 1. The van der Waals surface area contributed by atoms with Gasteiger partial charge in [0.2, 0.25) is 0 Å². The van der Waals surface area contributed by atoms with Crippen LogP contribution >= 0.6 is 0 Å². The van der Waals surface area contributed by atoms with Crippen LogP contribution in [0.5, 0.6) is 0 Å². The minimum absolute atomic E-state index is 1.11. The summed E-state index contributed by atoms with van der Waals surface area (Å²) < 4.78 is 4.73. The molecule has 3 heteroatoms. The molecule has 196 valence electrons. The van der Waals surface area contributed by atoms with Gasteiger partial charge in [-0.1, -0.05) is 91.0 Å². The number of nitrogens with zero attached hydrogens (tertiary/aromatic N) is 3. The highest BCUT2D eigenvalue weighted by Gasteiger charge is 2.16. The van der Waals surface area contributed by atoms with Gasteiger partial charge in [-0.3, -0.25) is 4.98 Å². The molecule has 0 amide bonds. The van der Waals surface area contributed by atoms with Crippen LogP contribution in [0.3, 0.4) is 0 Å². The summed E-state index contributed by atoms with van der Waals surface area (Å²) in [5.74, 6) is 0. The summed E-state index contributed by atoms with van der Waals surface area (Å²) in [5.41, 5.74) is 9.40. The minimum Gasteiger partial charge on any atom is -0.309 e. The number of rotatable bonds is 3. The van der Waals surface area contributed by atoms with E-state index in [1.54, 1.807) is 0 Å². The Morgan fingerprint density at radius 1 is 0.381 bits per heavy atom. The van der Waals surface area contributed by atoms with E-state index in [9.17, 15) is 0 Å². The predicted molar refractivity (Wildman–Crippen MR) is 176 cm³/mol. The molecule has 6 aromatic carbocycles. The first-order chi connectivity index (χ1) is 20.8. The fraction of sp³-hybridized carbons (Fsp3) is 0. The van der Waals surface area contributed by atoms with Crippen LogP contribution in [-0.2, 0) is 0 Å². The van der Waals surface area contributed by atoms with Crippen molar-refractivity contribution >= 4 is 54.4 Å². The van der Waals surface area contributed by atoms with E-state index in [1.165, 1.54) is 65.7 Å². The van der Waals surface area contributed by atoms with Crippen LogP contribution in [0.4, 0.5) is 0 Å². The van der Waals surface area contributed by atoms with Gasteiger partial charge in [-0.05, 0) is 70.4 Å². The molecule has 0 spiro atoms. The summed E-state index contributed by atoms with van der Waals surface area (Å²) >= 11 is 0. The number of para-hydroxylation sites is 2. The third-order valence-electron chi connectivity index (χ3n) is 8.58. The lowest BCUT2D eigenvalue weighted by molar-refractivity contribution is 1.17. The number of hydrogen-bond acceptors (Lipinski definition) is 1. The van der Waals surface area contributed by atoms with E-state index in [4.69, 9.17) is 0 Å². The van der Waals surface area contributed by atoms with Crippen LogP contribution in [0, 0.1) is 0 Å². The Bertz CT molecular complexity index is 2460. The van der Waals surface area contributed by atoms with Crippen molar-refractivity contribution in [2.45, 2.75) is 0 Å². The van der Waals surface area contributed by atoms with Crippen LogP contribution in [0.1, 0.15) is 0 Å². The highest BCUT2D eigenvalue weighted by Crippen LogP contribution is 2.38. The fourth-order valence-corrected chi connectivity index (χ4v) is 6.65. The molecule has 0 unspecified atom stereocenters. The Kier molecular flexibility index (Phi) is 4.90. The molecule has 0 fully saturated rings. The maximum absolute atomic E-state index is 4.46.